The predicted octanol–water partition coefficient (Wildman–Crippen LogP) is 2.24. The molecule has 0 radical (unpaired) electrons. The van der Waals surface area contributed by atoms with Crippen LogP contribution >= 0.6 is 11.3 Å². The van der Waals surface area contributed by atoms with Gasteiger partial charge in [-0.25, -0.2) is 4.98 Å². The van der Waals surface area contributed by atoms with Crippen LogP contribution in [0.25, 0.3) is 10.4 Å². The number of likely N-dealkylation sites (tertiary alicyclic amines) is 1. The van der Waals surface area contributed by atoms with E-state index in [0.29, 0.717) is 6.04 Å². The molecule has 2 saturated heterocycles. The van der Waals surface area contributed by atoms with Gasteiger partial charge in [0, 0.05) is 45.2 Å². The first-order valence-corrected chi connectivity index (χ1v) is 16.9. The van der Waals surface area contributed by atoms with Gasteiger partial charge in [-0.1, -0.05) is 45.0 Å². The summed E-state index contributed by atoms with van der Waals surface area (Å²) in [4.78, 5) is 49.7. The second kappa shape index (κ2) is 14.3. The highest BCUT2D eigenvalue weighted by molar-refractivity contribution is 7.13. The summed E-state index contributed by atoms with van der Waals surface area (Å²) in [7, 11) is 0. The smallest absolute Gasteiger partial charge is 0.246 e. The molecule has 1 aromatic carbocycles. The van der Waals surface area contributed by atoms with Crippen LogP contribution in [0.4, 0.5) is 0 Å². The number of aliphatic hydroxyl groups excluding tert-OH is 1. The van der Waals surface area contributed by atoms with Crippen LogP contribution in [0.1, 0.15) is 64.3 Å². The zero-order chi connectivity index (χ0) is 32.3. The number of ether oxygens (including phenoxy) is 1. The normalized spacial score (nSPS) is 25.3. The summed E-state index contributed by atoms with van der Waals surface area (Å²) in [6, 6.07) is 6.46. The lowest BCUT2D eigenvalue weighted by molar-refractivity contribution is -0.145. The number of hydrogen-bond acceptors (Lipinski definition) is 9. The van der Waals surface area contributed by atoms with Crippen molar-refractivity contribution in [3.05, 3.63) is 41.0 Å². The van der Waals surface area contributed by atoms with Gasteiger partial charge < -0.3 is 30.7 Å². The quantitative estimate of drug-likeness (QED) is 0.311. The number of nitrogens with zero attached hydrogens (tertiary/aromatic N) is 3. The van der Waals surface area contributed by atoms with Gasteiger partial charge in [-0.2, -0.15) is 0 Å². The molecular weight excluding hydrogens is 592 g/mol. The minimum atomic E-state index is -0.885. The lowest BCUT2D eigenvalue weighted by Gasteiger charge is -2.44. The Morgan fingerprint density at radius 3 is 2.42 bits per heavy atom. The highest BCUT2D eigenvalue weighted by Gasteiger charge is 2.45. The van der Waals surface area contributed by atoms with Crippen LogP contribution < -0.4 is 16.0 Å². The number of piperazine rings is 1. The van der Waals surface area contributed by atoms with Crippen molar-refractivity contribution in [3.63, 3.8) is 0 Å². The van der Waals surface area contributed by atoms with Crippen molar-refractivity contribution < 1.29 is 24.2 Å². The summed E-state index contributed by atoms with van der Waals surface area (Å²) in [6.45, 7) is 13.5. The number of hydrogen-bond donors (Lipinski definition) is 4. The van der Waals surface area contributed by atoms with E-state index in [2.05, 4.69) is 25.8 Å². The number of nitrogens with one attached hydrogen (secondary N) is 3. The van der Waals surface area contributed by atoms with Gasteiger partial charge in [-0.15, -0.1) is 11.3 Å². The van der Waals surface area contributed by atoms with Gasteiger partial charge in [0.05, 0.1) is 34.3 Å². The minimum absolute atomic E-state index is 0.0304. The van der Waals surface area contributed by atoms with Crippen molar-refractivity contribution >= 4 is 29.1 Å². The topological polar surface area (TPSA) is 136 Å². The number of aliphatic hydroxyl groups is 1. The number of aryl methyl sites for hydroxylation is 1. The van der Waals surface area contributed by atoms with E-state index in [1.54, 1.807) is 11.3 Å². The molecule has 3 fully saturated rings. The van der Waals surface area contributed by atoms with E-state index >= 15 is 0 Å². The molecule has 246 valence electrons. The molecule has 3 amide bonds. The maximum Gasteiger partial charge on any atom is 0.246 e. The average Bonchev–Trinajstić information content (AvgIpc) is 3.60. The maximum atomic E-state index is 13.9. The molecule has 3 heterocycles. The summed E-state index contributed by atoms with van der Waals surface area (Å²) in [5.41, 5.74) is 4.18. The van der Waals surface area contributed by atoms with Crippen molar-refractivity contribution in [3.8, 4) is 10.4 Å². The van der Waals surface area contributed by atoms with Crippen molar-refractivity contribution in [1.29, 1.82) is 0 Å². The molecule has 0 unspecified atom stereocenters. The van der Waals surface area contributed by atoms with Crippen LogP contribution in [0.15, 0.2) is 29.8 Å². The van der Waals surface area contributed by atoms with E-state index in [-0.39, 0.29) is 49.4 Å². The van der Waals surface area contributed by atoms with Gasteiger partial charge >= 0.3 is 0 Å². The van der Waals surface area contributed by atoms with Gasteiger partial charge in [0.15, 0.2) is 0 Å². The van der Waals surface area contributed by atoms with Gasteiger partial charge in [-0.3, -0.25) is 19.3 Å². The molecule has 4 atom stereocenters. The Hall–Kier alpha value is -2.90. The molecule has 1 saturated carbocycles. The molecule has 4 N–H and O–H groups in total. The van der Waals surface area contributed by atoms with E-state index in [4.69, 9.17) is 4.74 Å². The van der Waals surface area contributed by atoms with Crippen molar-refractivity contribution in [2.75, 3.05) is 39.3 Å². The summed E-state index contributed by atoms with van der Waals surface area (Å²) in [5.74, 6) is -1.08. The Labute approximate surface area is 270 Å². The molecule has 0 spiro atoms. The molecule has 11 nitrogen and oxygen atoms in total. The van der Waals surface area contributed by atoms with Crippen LogP contribution in [-0.4, -0.2) is 107 Å². The first kappa shape index (κ1) is 33.5. The fourth-order valence-electron chi connectivity index (χ4n) is 6.43. The maximum absolute atomic E-state index is 13.9. The first-order valence-electron chi connectivity index (χ1n) is 16.1. The van der Waals surface area contributed by atoms with Crippen LogP contribution in [0.3, 0.4) is 0 Å². The number of β-amino-alcohol motifs (C(OH)–C–C–N with tert-alkyl or cyclic N) is 1. The lowest BCUT2D eigenvalue weighted by Crippen LogP contribution is -2.58. The largest absolute Gasteiger partial charge is 0.391 e. The van der Waals surface area contributed by atoms with Crippen LogP contribution in [0, 0.1) is 12.3 Å². The van der Waals surface area contributed by atoms with Gasteiger partial charge in [0.25, 0.3) is 0 Å². The first-order chi connectivity index (χ1) is 21.4. The summed E-state index contributed by atoms with van der Waals surface area (Å²) in [6.07, 6.45) is 1.16. The van der Waals surface area contributed by atoms with E-state index in [0.717, 1.165) is 60.7 Å². The third-order valence-corrected chi connectivity index (χ3v) is 10.2. The summed E-state index contributed by atoms with van der Waals surface area (Å²) in [5, 5.41) is 19.8. The Balaban J connectivity index is 1.16. The minimum Gasteiger partial charge on any atom is -0.391 e. The standard InChI is InChI=1S/C33H48N6O5S/c1-20(22-6-8-23(9-7-22)29-21(2)35-19-45-29)36-31(42)27-16-25(40)17-39(27)32(43)30(33(3,4)5)37-28(41)18-44-26-14-24(15-26)38-12-10-34-11-13-38/h6-9,19-20,24-27,30,34,40H,10-18H2,1-5H3,(H,36,42)(H,37,41)/t20-,24?,25-,26?,27+,30-/m1/s1. The molecule has 45 heavy (non-hydrogen) atoms. The van der Waals surface area contributed by atoms with E-state index in [1.165, 1.54) is 4.90 Å². The van der Waals surface area contributed by atoms with Crippen molar-refractivity contribution in [2.45, 2.75) is 90.3 Å². The Morgan fingerprint density at radius 2 is 1.80 bits per heavy atom. The highest BCUT2D eigenvalue weighted by atomic mass is 32.1. The predicted molar refractivity (Wildman–Crippen MR) is 174 cm³/mol. The Morgan fingerprint density at radius 1 is 1.11 bits per heavy atom. The number of thiazole rings is 1. The number of carbonyl (C=O) groups is 3. The van der Waals surface area contributed by atoms with E-state index < -0.39 is 23.6 Å². The van der Waals surface area contributed by atoms with Gasteiger partial charge in [0.1, 0.15) is 18.7 Å². The molecule has 2 aliphatic heterocycles. The van der Waals surface area contributed by atoms with E-state index in [9.17, 15) is 19.5 Å². The molecule has 2 aromatic rings. The molecular formula is C33H48N6O5S. The van der Waals surface area contributed by atoms with Crippen LogP contribution in [-0.2, 0) is 19.1 Å². The van der Waals surface area contributed by atoms with Crippen molar-refractivity contribution in [1.82, 2.24) is 30.7 Å². The molecule has 12 heteroatoms. The fraction of sp³-hybridized carbons (Fsp3) is 0.636. The number of amides is 3. The lowest BCUT2D eigenvalue weighted by atomic mass is 9.85. The number of benzene rings is 1. The Kier molecular flexibility index (Phi) is 10.6. The van der Waals surface area contributed by atoms with Gasteiger partial charge in [-0.05, 0) is 43.2 Å². The third-order valence-electron chi connectivity index (χ3n) is 9.25. The zero-order valence-corrected chi connectivity index (χ0v) is 27.9. The monoisotopic (exact) mass is 640 g/mol. The molecule has 1 aromatic heterocycles. The number of carbonyl (C=O) groups excluding carboxylic acids is 3. The Bertz CT molecular complexity index is 1330. The molecule has 5 rings (SSSR count). The molecule has 1 aliphatic carbocycles. The van der Waals surface area contributed by atoms with Crippen LogP contribution in [0.2, 0.25) is 0 Å². The average molecular weight is 641 g/mol. The molecule has 3 aliphatic rings. The summed E-state index contributed by atoms with van der Waals surface area (Å²) >= 11 is 1.59. The fourth-order valence-corrected chi connectivity index (χ4v) is 7.24. The van der Waals surface area contributed by atoms with Gasteiger partial charge in [0.2, 0.25) is 17.7 Å². The second-order valence-corrected chi connectivity index (χ2v) is 14.6. The summed E-state index contributed by atoms with van der Waals surface area (Å²) < 4.78 is 5.89. The van der Waals surface area contributed by atoms with Crippen LogP contribution in [0.5, 0.6) is 0 Å². The third kappa shape index (κ3) is 8.10. The van der Waals surface area contributed by atoms with E-state index in [1.807, 2.05) is 64.4 Å². The highest BCUT2D eigenvalue weighted by Crippen LogP contribution is 2.31. The van der Waals surface area contributed by atoms with Crippen molar-refractivity contribution in [2.24, 2.45) is 5.41 Å². The number of aromatic nitrogens is 1. The second-order valence-electron chi connectivity index (χ2n) is 13.7. The number of rotatable bonds is 10. The molecule has 0 bridgehead atoms. The zero-order valence-electron chi connectivity index (χ0n) is 27.0. The SMILES string of the molecule is Cc1ncsc1-c1ccc([C@@H](C)NC(=O)[C@@H]2C[C@@H](O)CN2C(=O)[C@@H](NC(=O)COC2CC(N3CCNCC3)C2)C(C)(C)C)cc1.